The molecule has 20 heavy (non-hydrogen) atoms. The largest absolute Gasteiger partial charge is 0.379 e. The Morgan fingerprint density at radius 2 is 1.55 bits per heavy atom. The maximum Gasteiger partial charge on any atom is 0.158 e. The molecule has 2 unspecified atom stereocenters. The van der Waals surface area contributed by atoms with Crippen molar-refractivity contribution in [2.75, 3.05) is 19.8 Å². The summed E-state index contributed by atoms with van der Waals surface area (Å²) < 4.78 is 16.8. The van der Waals surface area contributed by atoms with Crippen molar-refractivity contribution in [3.05, 3.63) is 0 Å². The van der Waals surface area contributed by atoms with Gasteiger partial charge in [0.1, 0.15) is 6.10 Å². The zero-order valence-corrected chi connectivity index (χ0v) is 13.6. The van der Waals surface area contributed by atoms with Gasteiger partial charge < -0.3 is 14.2 Å². The van der Waals surface area contributed by atoms with Crippen LogP contribution < -0.4 is 0 Å². The van der Waals surface area contributed by atoms with Crippen LogP contribution in [0.1, 0.15) is 78.1 Å². The second-order valence-electron chi connectivity index (χ2n) is 5.80. The Hall–Kier alpha value is -0.120. The Kier molecular flexibility index (Phi) is 11.3. The molecule has 0 aromatic rings. The van der Waals surface area contributed by atoms with Crippen LogP contribution in [0.2, 0.25) is 0 Å². The Labute approximate surface area is 125 Å². The van der Waals surface area contributed by atoms with Gasteiger partial charge in [-0.1, -0.05) is 58.3 Å². The molecule has 1 aliphatic rings. The van der Waals surface area contributed by atoms with E-state index in [-0.39, 0.29) is 12.4 Å². The van der Waals surface area contributed by atoms with Crippen LogP contribution in [0.3, 0.4) is 0 Å². The smallest absolute Gasteiger partial charge is 0.158 e. The molecule has 0 saturated carbocycles. The first kappa shape index (κ1) is 17.9. The van der Waals surface area contributed by atoms with Crippen LogP contribution in [0.25, 0.3) is 0 Å². The predicted octanol–water partition coefficient (Wildman–Crippen LogP) is 4.69. The van der Waals surface area contributed by atoms with Crippen LogP contribution in [-0.2, 0) is 14.2 Å². The van der Waals surface area contributed by atoms with Crippen molar-refractivity contribution in [1.82, 2.24) is 0 Å². The van der Waals surface area contributed by atoms with Crippen LogP contribution in [-0.4, -0.2) is 32.2 Å². The zero-order chi connectivity index (χ0) is 14.5. The van der Waals surface area contributed by atoms with Gasteiger partial charge in [0.25, 0.3) is 0 Å². The Morgan fingerprint density at radius 3 is 2.20 bits per heavy atom. The van der Waals surface area contributed by atoms with Crippen molar-refractivity contribution < 1.29 is 14.2 Å². The molecular weight excluding hydrogens is 252 g/mol. The zero-order valence-electron chi connectivity index (χ0n) is 13.6. The first-order valence-electron chi connectivity index (χ1n) is 8.71. The molecular formula is C17H34O3. The quantitative estimate of drug-likeness (QED) is 0.460. The molecule has 0 radical (unpaired) electrons. The van der Waals surface area contributed by atoms with E-state index in [1.165, 1.54) is 57.8 Å². The fraction of sp³-hybridized carbons (Fsp3) is 1.00. The molecule has 0 aromatic carbocycles. The van der Waals surface area contributed by atoms with Crippen molar-refractivity contribution in [2.45, 2.75) is 90.4 Å². The molecule has 1 rings (SSSR count). The number of hydrogen-bond donors (Lipinski definition) is 0. The Bertz CT molecular complexity index is 208. The van der Waals surface area contributed by atoms with Gasteiger partial charge >= 0.3 is 0 Å². The van der Waals surface area contributed by atoms with Crippen molar-refractivity contribution >= 4 is 0 Å². The summed E-state index contributed by atoms with van der Waals surface area (Å²) >= 11 is 0. The van der Waals surface area contributed by atoms with Gasteiger partial charge in [-0.3, -0.25) is 0 Å². The fourth-order valence-corrected chi connectivity index (χ4v) is 2.62. The second kappa shape index (κ2) is 12.6. The van der Waals surface area contributed by atoms with E-state index in [9.17, 15) is 0 Å². The summed E-state index contributed by atoms with van der Waals surface area (Å²) in [5.41, 5.74) is 0. The van der Waals surface area contributed by atoms with E-state index >= 15 is 0 Å². The van der Waals surface area contributed by atoms with Gasteiger partial charge in [0.15, 0.2) is 6.29 Å². The molecule has 2 atom stereocenters. The van der Waals surface area contributed by atoms with Gasteiger partial charge in [-0.2, -0.15) is 0 Å². The van der Waals surface area contributed by atoms with Crippen LogP contribution in [0.5, 0.6) is 0 Å². The monoisotopic (exact) mass is 286 g/mol. The molecule has 0 aliphatic carbocycles. The number of hydrogen-bond acceptors (Lipinski definition) is 3. The summed E-state index contributed by atoms with van der Waals surface area (Å²) in [5, 5.41) is 0. The summed E-state index contributed by atoms with van der Waals surface area (Å²) in [6.45, 7) is 6.40. The van der Waals surface area contributed by atoms with Gasteiger partial charge in [0.2, 0.25) is 0 Å². The van der Waals surface area contributed by atoms with Crippen molar-refractivity contribution in [3.8, 4) is 0 Å². The highest BCUT2D eigenvalue weighted by molar-refractivity contribution is 4.65. The summed E-state index contributed by atoms with van der Waals surface area (Å²) in [4.78, 5) is 0. The first-order chi connectivity index (χ1) is 9.86. The van der Waals surface area contributed by atoms with E-state index in [0.717, 1.165) is 13.0 Å². The SMILES string of the molecule is CCCCCCCCCCCC1OCC(COCC)O1. The molecule has 1 heterocycles. The lowest BCUT2D eigenvalue weighted by molar-refractivity contribution is -0.0753. The van der Waals surface area contributed by atoms with E-state index in [1.807, 2.05) is 6.92 Å². The molecule has 3 nitrogen and oxygen atoms in total. The fourth-order valence-electron chi connectivity index (χ4n) is 2.62. The maximum atomic E-state index is 5.79. The lowest BCUT2D eigenvalue weighted by atomic mass is 10.1. The molecule has 0 aromatic heterocycles. The molecule has 0 spiro atoms. The highest BCUT2D eigenvalue weighted by Crippen LogP contribution is 2.18. The van der Waals surface area contributed by atoms with E-state index in [1.54, 1.807) is 0 Å². The lowest BCUT2D eigenvalue weighted by Gasteiger charge is -2.11. The normalized spacial score (nSPS) is 22.5. The molecule has 1 fully saturated rings. The molecule has 0 amide bonds. The molecule has 1 saturated heterocycles. The van der Waals surface area contributed by atoms with Crippen LogP contribution in [0.15, 0.2) is 0 Å². The minimum Gasteiger partial charge on any atom is -0.379 e. The van der Waals surface area contributed by atoms with E-state index in [0.29, 0.717) is 13.2 Å². The minimum absolute atomic E-state index is 0.0185. The van der Waals surface area contributed by atoms with Crippen molar-refractivity contribution in [2.24, 2.45) is 0 Å². The minimum atomic E-state index is 0.0185. The van der Waals surface area contributed by atoms with Crippen LogP contribution in [0, 0.1) is 0 Å². The molecule has 3 heteroatoms. The third kappa shape index (κ3) is 8.93. The van der Waals surface area contributed by atoms with E-state index in [2.05, 4.69) is 6.92 Å². The Balaban J connectivity index is 1.83. The van der Waals surface area contributed by atoms with Crippen molar-refractivity contribution in [3.63, 3.8) is 0 Å². The van der Waals surface area contributed by atoms with Gasteiger partial charge in [-0.15, -0.1) is 0 Å². The summed E-state index contributed by atoms with van der Waals surface area (Å²) in [5.74, 6) is 0. The van der Waals surface area contributed by atoms with Crippen LogP contribution >= 0.6 is 0 Å². The molecule has 120 valence electrons. The summed E-state index contributed by atoms with van der Waals surface area (Å²) in [6, 6.07) is 0. The van der Waals surface area contributed by atoms with Crippen molar-refractivity contribution in [1.29, 1.82) is 0 Å². The topological polar surface area (TPSA) is 27.7 Å². The Morgan fingerprint density at radius 1 is 0.900 bits per heavy atom. The molecule has 0 N–H and O–H groups in total. The average molecular weight is 286 g/mol. The molecule has 1 aliphatic heterocycles. The predicted molar refractivity (Wildman–Crippen MR) is 83.0 cm³/mol. The second-order valence-corrected chi connectivity index (χ2v) is 5.80. The lowest BCUT2D eigenvalue weighted by Crippen LogP contribution is -2.18. The summed E-state index contributed by atoms with van der Waals surface area (Å²) in [7, 11) is 0. The number of rotatable bonds is 13. The summed E-state index contributed by atoms with van der Waals surface area (Å²) in [6.07, 6.45) is 13.5. The van der Waals surface area contributed by atoms with Gasteiger partial charge in [0.05, 0.1) is 13.2 Å². The standard InChI is InChI=1S/C17H34O3/c1-3-5-6-7-8-9-10-11-12-13-17-19-15-16(20-17)14-18-4-2/h16-17H,3-15H2,1-2H3. The van der Waals surface area contributed by atoms with Gasteiger partial charge in [-0.05, 0) is 19.8 Å². The van der Waals surface area contributed by atoms with Gasteiger partial charge in [0, 0.05) is 6.61 Å². The highest BCUT2D eigenvalue weighted by atomic mass is 16.7. The number of unbranched alkanes of at least 4 members (excludes halogenated alkanes) is 8. The molecule has 0 bridgehead atoms. The first-order valence-corrected chi connectivity index (χ1v) is 8.71. The highest BCUT2D eigenvalue weighted by Gasteiger charge is 2.25. The maximum absolute atomic E-state index is 5.79. The van der Waals surface area contributed by atoms with E-state index < -0.39 is 0 Å². The third-order valence-corrected chi connectivity index (χ3v) is 3.86. The number of ether oxygens (including phenoxy) is 3. The van der Waals surface area contributed by atoms with Gasteiger partial charge in [-0.25, -0.2) is 0 Å². The third-order valence-electron chi connectivity index (χ3n) is 3.86. The van der Waals surface area contributed by atoms with E-state index in [4.69, 9.17) is 14.2 Å². The van der Waals surface area contributed by atoms with Crippen LogP contribution in [0.4, 0.5) is 0 Å². The average Bonchev–Trinajstić information content (AvgIpc) is 2.91.